The minimum atomic E-state index is -0.177. The summed E-state index contributed by atoms with van der Waals surface area (Å²) in [6.07, 6.45) is 3.16. The van der Waals surface area contributed by atoms with Crippen molar-refractivity contribution >= 4 is 0 Å². The van der Waals surface area contributed by atoms with Crippen molar-refractivity contribution < 1.29 is 9.13 Å². The average Bonchev–Trinajstić information content (AvgIpc) is 2.91. The number of methoxy groups -OCH3 is 1. The maximum Gasteiger partial charge on any atom is 0.123 e. The molecule has 0 radical (unpaired) electrons. The van der Waals surface area contributed by atoms with E-state index in [0.29, 0.717) is 6.04 Å². The van der Waals surface area contributed by atoms with Crippen LogP contribution in [0.15, 0.2) is 42.5 Å². The minimum absolute atomic E-state index is 0.177. The van der Waals surface area contributed by atoms with Gasteiger partial charge in [-0.15, -0.1) is 0 Å². The Balaban J connectivity index is 1.59. The molecule has 3 rings (SSSR count). The molecule has 1 aliphatic rings. The number of hydrogen-bond acceptors (Lipinski definition) is 2. The molecule has 2 aromatic carbocycles. The van der Waals surface area contributed by atoms with E-state index in [-0.39, 0.29) is 5.82 Å². The van der Waals surface area contributed by atoms with E-state index in [0.717, 1.165) is 37.1 Å². The summed E-state index contributed by atoms with van der Waals surface area (Å²) in [4.78, 5) is 0. The van der Waals surface area contributed by atoms with Gasteiger partial charge in [0.2, 0.25) is 0 Å². The molecule has 110 valence electrons. The normalized spacial score (nSPS) is 16.8. The third kappa shape index (κ3) is 3.24. The fraction of sp³-hybridized carbons (Fsp3) is 0.333. The molecule has 0 bridgehead atoms. The lowest BCUT2D eigenvalue weighted by atomic mass is 10.1. The quantitative estimate of drug-likeness (QED) is 0.905. The van der Waals surface area contributed by atoms with Crippen LogP contribution >= 0.6 is 0 Å². The average molecular weight is 285 g/mol. The van der Waals surface area contributed by atoms with E-state index in [4.69, 9.17) is 4.74 Å². The summed E-state index contributed by atoms with van der Waals surface area (Å²) in [5.74, 6) is 0.740. The summed E-state index contributed by atoms with van der Waals surface area (Å²) < 4.78 is 18.2. The van der Waals surface area contributed by atoms with Gasteiger partial charge in [0.15, 0.2) is 0 Å². The van der Waals surface area contributed by atoms with Crippen molar-refractivity contribution in [3.8, 4) is 5.75 Å². The Labute approximate surface area is 125 Å². The van der Waals surface area contributed by atoms with Crippen LogP contribution in [0.1, 0.15) is 29.2 Å². The van der Waals surface area contributed by atoms with Gasteiger partial charge in [0, 0.05) is 6.04 Å². The zero-order valence-electron chi connectivity index (χ0n) is 12.2. The smallest absolute Gasteiger partial charge is 0.123 e. The van der Waals surface area contributed by atoms with Crippen molar-refractivity contribution in [2.75, 3.05) is 13.7 Å². The molecule has 0 saturated heterocycles. The Kier molecular flexibility index (Phi) is 4.20. The van der Waals surface area contributed by atoms with Gasteiger partial charge >= 0.3 is 0 Å². The molecule has 0 heterocycles. The highest BCUT2D eigenvalue weighted by Crippen LogP contribution is 2.33. The highest BCUT2D eigenvalue weighted by molar-refractivity contribution is 5.40. The second-order valence-electron chi connectivity index (χ2n) is 5.49. The Bertz CT molecular complexity index is 609. The molecule has 1 unspecified atom stereocenters. The van der Waals surface area contributed by atoms with Crippen LogP contribution < -0.4 is 10.1 Å². The molecule has 0 fully saturated rings. The van der Waals surface area contributed by atoms with Crippen molar-refractivity contribution in [2.45, 2.75) is 25.3 Å². The number of benzene rings is 2. The van der Waals surface area contributed by atoms with Crippen LogP contribution in [0, 0.1) is 5.82 Å². The first kappa shape index (κ1) is 14.1. The van der Waals surface area contributed by atoms with Crippen molar-refractivity contribution in [2.24, 2.45) is 0 Å². The molecule has 1 N–H and O–H groups in total. The van der Waals surface area contributed by atoms with Crippen molar-refractivity contribution in [3.05, 3.63) is 65.0 Å². The molecule has 3 heteroatoms. The number of nitrogens with one attached hydrogen (secondary N) is 1. The Morgan fingerprint density at radius 1 is 1.19 bits per heavy atom. The molecule has 1 aliphatic carbocycles. The largest absolute Gasteiger partial charge is 0.497 e. The summed E-state index contributed by atoms with van der Waals surface area (Å²) in [6, 6.07) is 13.5. The molecule has 21 heavy (non-hydrogen) atoms. The van der Waals surface area contributed by atoms with Gasteiger partial charge in [-0.25, -0.2) is 4.39 Å². The summed E-state index contributed by atoms with van der Waals surface area (Å²) in [5, 5.41) is 3.60. The molecular weight excluding hydrogens is 265 g/mol. The fourth-order valence-corrected chi connectivity index (χ4v) is 2.96. The van der Waals surface area contributed by atoms with E-state index in [1.165, 1.54) is 23.3 Å². The monoisotopic (exact) mass is 285 g/mol. The van der Waals surface area contributed by atoms with Crippen molar-refractivity contribution in [3.63, 3.8) is 0 Å². The summed E-state index contributed by atoms with van der Waals surface area (Å²) in [5.41, 5.74) is 3.93. The number of ether oxygens (including phenoxy) is 1. The van der Waals surface area contributed by atoms with Crippen LogP contribution in [0.25, 0.3) is 0 Å². The summed E-state index contributed by atoms with van der Waals surface area (Å²) >= 11 is 0. The van der Waals surface area contributed by atoms with Crippen LogP contribution in [0.4, 0.5) is 4.39 Å². The SMILES string of the molecule is COc1ccc2c(c1)C(NCCc1ccc(F)cc1)CC2. The van der Waals surface area contributed by atoms with E-state index in [9.17, 15) is 4.39 Å². The third-order valence-corrected chi connectivity index (χ3v) is 4.15. The van der Waals surface area contributed by atoms with E-state index in [1.807, 2.05) is 18.2 Å². The maximum absolute atomic E-state index is 12.9. The second-order valence-corrected chi connectivity index (χ2v) is 5.49. The van der Waals surface area contributed by atoms with Gasteiger partial charge in [0.05, 0.1) is 7.11 Å². The van der Waals surface area contributed by atoms with Crippen LogP contribution in [0.5, 0.6) is 5.75 Å². The van der Waals surface area contributed by atoms with Crippen LogP contribution in [-0.4, -0.2) is 13.7 Å². The summed E-state index contributed by atoms with van der Waals surface area (Å²) in [6.45, 7) is 0.896. The van der Waals surface area contributed by atoms with E-state index >= 15 is 0 Å². The van der Waals surface area contributed by atoms with Gasteiger partial charge in [-0.1, -0.05) is 18.2 Å². The lowest BCUT2D eigenvalue weighted by molar-refractivity contribution is 0.413. The van der Waals surface area contributed by atoms with Gasteiger partial charge in [-0.2, -0.15) is 0 Å². The first-order valence-corrected chi connectivity index (χ1v) is 7.41. The molecule has 1 atom stereocenters. The third-order valence-electron chi connectivity index (χ3n) is 4.15. The van der Waals surface area contributed by atoms with Gasteiger partial charge in [-0.3, -0.25) is 0 Å². The predicted molar refractivity (Wildman–Crippen MR) is 82.2 cm³/mol. The van der Waals surface area contributed by atoms with Gasteiger partial charge < -0.3 is 10.1 Å². The van der Waals surface area contributed by atoms with Crippen molar-refractivity contribution in [1.82, 2.24) is 5.32 Å². The highest BCUT2D eigenvalue weighted by atomic mass is 19.1. The molecule has 2 nitrogen and oxygen atoms in total. The molecule has 2 aromatic rings. The van der Waals surface area contributed by atoms with Crippen LogP contribution in [-0.2, 0) is 12.8 Å². The Morgan fingerprint density at radius 2 is 2.00 bits per heavy atom. The van der Waals surface area contributed by atoms with E-state index in [2.05, 4.69) is 17.4 Å². The number of rotatable bonds is 5. The number of halogens is 1. The molecule has 0 aromatic heterocycles. The van der Waals surface area contributed by atoms with E-state index in [1.54, 1.807) is 7.11 Å². The molecule has 0 saturated carbocycles. The number of fused-ring (bicyclic) bond motifs is 1. The highest BCUT2D eigenvalue weighted by Gasteiger charge is 2.22. The maximum atomic E-state index is 12.9. The zero-order valence-corrected chi connectivity index (χ0v) is 12.2. The predicted octanol–water partition coefficient (Wildman–Crippen LogP) is 3.65. The first-order valence-electron chi connectivity index (χ1n) is 7.41. The minimum Gasteiger partial charge on any atom is -0.497 e. The van der Waals surface area contributed by atoms with Gasteiger partial charge in [-0.05, 0) is 66.8 Å². The zero-order chi connectivity index (χ0) is 14.7. The summed E-state index contributed by atoms with van der Waals surface area (Å²) in [7, 11) is 1.70. The molecule has 0 amide bonds. The Hall–Kier alpha value is -1.87. The molecular formula is C18H20FNO. The lowest BCUT2D eigenvalue weighted by Gasteiger charge is -2.15. The van der Waals surface area contributed by atoms with Gasteiger partial charge in [0.25, 0.3) is 0 Å². The van der Waals surface area contributed by atoms with Gasteiger partial charge in [0.1, 0.15) is 11.6 Å². The number of aryl methyl sites for hydroxylation is 1. The fourth-order valence-electron chi connectivity index (χ4n) is 2.96. The topological polar surface area (TPSA) is 21.3 Å². The van der Waals surface area contributed by atoms with Crippen LogP contribution in [0.3, 0.4) is 0 Å². The van der Waals surface area contributed by atoms with E-state index < -0.39 is 0 Å². The number of hydrogen-bond donors (Lipinski definition) is 1. The Morgan fingerprint density at radius 3 is 2.76 bits per heavy atom. The lowest BCUT2D eigenvalue weighted by Crippen LogP contribution is -2.21. The second kappa shape index (κ2) is 6.27. The molecule has 0 aliphatic heterocycles. The van der Waals surface area contributed by atoms with Crippen molar-refractivity contribution in [1.29, 1.82) is 0 Å². The van der Waals surface area contributed by atoms with Crippen LogP contribution in [0.2, 0.25) is 0 Å². The standard InChI is InChI=1S/C18H20FNO/c1-21-16-8-4-14-5-9-18(17(14)12-16)20-11-10-13-2-6-15(19)7-3-13/h2-4,6-8,12,18,20H,5,9-11H2,1H3. The molecule has 0 spiro atoms. The first-order chi connectivity index (χ1) is 10.3.